The molecular formula is C63H99N9. The van der Waals surface area contributed by atoms with Crippen molar-refractivity contribution in [2.45, 2.75) is 232 Å². The van der Waals surface area contributed by atoms with Crippen molar-refractivity contribution in [2.24, 2.45) is 17.8 Å². The van der Waals surface area contributed by atoms with E-state index in [-0.39, 0.29) is 33.2 Å². The highest BCUT2D eigenvalue weighted by Crippen LogP contribution is 2.46. The maximum atomic E-state index is 4.94. The number of rotatable bonds is 24. The van der Waals surface area contributed by atoms with Crippen LogP contribution in [0.3, 0.4) is 0 Å². The Balaban J connectivity index is 0.897. The summed E-state index contributed by atoms with van der Waals surface area (Å²) >= 11 is 0. The molecule has 3 N–H and O–H groups in total. The average Bonchev–Trinajstić information content (AvgIpc) is 3.30. The highest BCUT2D eigenvalue weighted by Gasteiger charge is 2.47. The fraction of sp³-hybridized carbons (Fsp3) is 0.667. The smallest absolute Gasteiger partial charge is 0.229 e. The molecule has 9 heteroatoms. The zero-order valence-electron chi connectivity index (χ0n) is 47.4. The van der Waals surface area contributed by atoms with Crippen molar-refractivity contribution in [1.29, 1.82) is 0 Å². The van der Waals surface area contributed by atoms with E-state index in [1.807, 2.05) is 0 Å². The van der Waals surface area contributed by atoms with Crippen LogP contribution in [-0.2, 0) is 19.6 Å². The van der Waals surface area contributed by atoms with Crippen molar-refractivity contribution < 1.29 is 0 Å². The summed E-state index contributed by atoms with van der Waals surface area (Å²) in [6, 6.07) is 33.0. The van der Waals surface area contributed by atoms with E-state index in [0.717, 1.165) is 76.3 Å². The largest absolute Gasteiger partial charge is 0.354 e. The molecule has 3 aromatic carbocycles. The summed E-state index contributed by atoms with van der Waals surface area (Å²) in [5.41, 5.74) is 5.14. The summed E-state index contributed by atoms with van der Waals surface area (Å²) in [6.07, 6.45) is 18.1. The fourth-order valence-corrected chi connectivity index (χ4v) is 14.7. The normalized spacial score (nSPS) is 21.3. The fourth-order valence-electron chi connectivity index (χ4n) is 14.7. The van der Waals surface area contributed by atoms with E-state index in [0.29, 0.717) is 17.8 Å². The third-order valence-electron chi connectivity index (χ3n) is 17.3. The molecule has 72 heavy (non-hydrogen) atoms. The molecule has 9 nitrogen and oxygen atoms in total. The lowest BCUT2D eigenvalue weighted by Crippen LogP contribution is -2.60. The molecule has 0 amide bonds. The van der Waals surface area contributed by atoms with Crippen LogP contribution in [0.15, 0.2) is 91.0 Å². The number of unbranched alkanes of at least 4 members (excludes halogenated alkanes) is 3. The minimum Gasteiger partial charge on any atom is -0.354 e. The van der Waals surface area contributed by atoms with Gasteiger partial charge in [-0.3, -0.25) is 14.7 Å². The van der Waals surface area contributed by atoms with Gasteiger partial charge in [0.1, 0.15) is 0 Å². The van der Waals surface area contributed by atoms with Gasteiger partial charge in [-0.25, -0.2) is 0 Å². The van der Waals surface area contributed by atoms with Crippen LogP contribution >= 0.6 is 0 Å². The second-order valence-electron chi connectivity index (χ2n) is 26.5. The summed E-state index contributed by atoms with van der Waals surface area (Å²) in [5.74, 6) is 4.18. The van der Waals surface area contributed by atoms with E-state index in [2.05, 4.69) is 205 Å². The molecule has 396 valence electrons. The Hall–Kier alpha value is -4.05. The van der Waals surface area contributed by atoms with Crippen molar-refractivity contribution in [1.82, 2.24) is 29.7 Å². The minimum atomic E-state index is 0.154. The van der Waals surface area contributed by atoms with Gasteiger partial charge in [0.15, 0.2) is 0 Å². The van der Waals surface area contributed by atoms with Gasteiger partial charge in [0.25, 0.3) is 0 Å². The summed E-state index contributed by atoms with van der Waals surface area (Å²) in [4.78, 5) is 23.1. The summed E-state index contributed by atoms with van der Waals surface area (Å²) in [6.45, 7) is 35.1. The van der Waals surface area contributed by atoms with Crippen LogP contribution < -0.4 is 16.0 Å². The Morgan fingerprint density at radius 3 is 0.792 bits per heavy atom. The standard InChI is InChI=1S/C63H99N9/c1-58(2)40-52(41-59(3,4)70(58)46-49-28-16-13-17-29-49)34-22-25-37-64-55-67-56(65-38-26-23-35-53-42-60(5,6)71(61(7,8)43-53)47-50-30-18-14-19-31-50)69-57(68-55)66-39-27-24-36-54-44-62(9,10)72(63(11,12)45-54)48-51-32-20-15-21-33-51/h13-21,28-33,52-54H,22-27,34-48H2,1-12H3,(H3,64,65,66,67,68,69). The molecule has 3 fully saturated rings. The van der Waals surface area contributed by atoms with Gasteiger partial charge in [0.2, 0.25) is 17.8 Å². The minimum absolute atomic E-state index is 0.154. The third-order valence-corrected chi connectivity index (χ3v) is 17.3. The molecule has 3 aliphatic rings. The number of anilines is 3. The molecule has 0 saturated carbocycles. The van der Waals surface area contributed by atoms with Crippen molar-refractivity contribution >= 4 is 17.8 Å². The molecule has 0 atom stereocenters. The van der Waals surface area contributed by atoms with Gasteiger partial charge in [-0.05, 0) is 175 Å². The molecule has 0 radical (unpaired) electrons. The lowest BCUT2D eigenvalue weighted by atomic mass is 9.72. The molecular weight excluding hydrogens is 883 g/mol. The van der Waals surface area contributed by atoms with Gasteiger partial charge in [-0.15, -0.1) is 0 Å². The molecule has 0 spiro atoms. The molecule has 1 aromatic heterocycles. The maximum Gasteiger partial charge on any atom is 0.229 e. The molecule has 3 saturated heterocycles. The highest BCUT2D eigenvalue weighted by molar-refractivity contribution is 5.42. The summed E-state index contributed by atoms with van der Waals surface area (Å²) in [7, 11) is 0. The van der Waals surface area contributed by atoms with Gasteiger partial charge >= 0.3 is 0 Å². The highest BCUT2D eigenvalue weighted by atomic mass is 15.3. The zero-order chi connectivity index (χ0) is 51.6. The summed E-state index contributed by atoms with van der Waals surface area (Å²) < 4.78 is 0. The van der Waals surface area contributed by atoms with E-state index in [1.54, 1.807) is 0 Å². The first-order valence-corrected chi connectivity index (χ1v) is 28.5. The topological polar surface area (TPSA) is 84.5 Å². The summed E-state index contributed by atoms with van der Waals surface area (Å²) in [5, 5.41) is 10.9. The number of benzene rings is 3. The van der Waals surface area contributed by atoms with Crippen LogP contribution in [-0.4, -0.2) is 82.5 Å². The first-order chi connectivity index (χ1) is 34.1. The Morgan fingerprint density at radius 1 is 0.347 bits per heavy atom. The predicted molar refractivity (Wildman–Crippen MR) is 305 cm³/mol. The predicted octanol–water partition coefficient (Wildman–Crippen LogP) is 15.0. The van der Waals surface area contributed by atoms with E-state index >= 15 is 0 Å². The van der Waals surface area contributed by atoms with Gasteiger partial charge in [0, 0.05) is 72.5 Å². The van der Waals surface area contributed by atoms with E-state index in [4.69, 9.17) is 15.0 Å². The zero-order valence-corrected chi connectivity index (χ0v) is 47.4. The van der Waals surface area contributed by atoms with Gasteiger partial charge in [-0.1, -0.05) is 130 Å². The van der Waals surface area contributed by atoms with Gasteiger partial charge in [0.05, 0.1) is 0 Å². The molecule has 0 unspecified atom stereocenters. The number of nitrogens with zero attached hydrogens (tertiary/aromatic N) is 6. The van der Waals surface area contributed by atoms with E-state index < -0.39 is 0 Å². The molecule has 3 aliphatic heterocycles. The quantitative estimate of drug-likeness (QED) is 0.0595. The lowest BCUT2D eigenvalue weighted by Gasteiger charge is -2.55. The Kier molecular flexibility index (Phi) is 18.6. The van der Waals surface area contributed by atoms with Crippen LogP contribution in [0.4, 0.5) is 17.8 Å². The Labute approximate surface area is 439 Å². The van der Waals surface area contributed by atoms with Crippen LogP contribution in [0.1, 0.15) is 196 Å². The molecule has 4 heterocycles. The van der Waals surface area contributed by atoms with Crippen LogP contribution in [0, 0.1) is 17.8 Å². The van der Waals surface area contributed by atoms with Crippen molar-refractivity contribution in [3.8, 4) is 0 Å². The van der Waals surface area contributed by atoms with Crippen LogP contribution in [0.2, 0.25) is 0 Å². The average molecular weight is 983 g/mol. The second kappa shape index (κ2) is 24.1. The Bertz CT molecular complexity index is 1920. The number of likely N-dealkylation sites (tertiary alicyclic amines) is 3. The second-order valence-corrected chi connectivity index (χ2v) is 26.5. The Morgan fingerprint density at radius 2 is 0.569 bits per heavy atom. The molecule has 7 rings (SSSR count). The van der Waals surface area contributed by atoms with Crippen molar-refractivity contribution in [3.05, 3.63) is 108 Å². The molecule has 4 aromatic rings. The molecule has 0 bridgehead atoms. The SMILES string of the molecule is CC1(C)CC(CCCCNc2nc(NCCCCC3CC(C)(C)N(Cc4ccccc4)C(C)(C)C3)nc(NCCCCC3CC(C)(C)N(Cc4ccccc4)C(C)(C)C3)n2)CC(C)(C)N1Cc1ccccc1. The van der Waals surface area contributed by atoms with Crippen LogP contribution in [0.25, 0.3) is 0 Å². The monoisotopic (exact) mass is 982 g/mol. The lowest BCUT2D eigenvalue weighted by molar-refractivity contribution is -0.0602. The van der Waals surface area contributed by atoms with Crippen molar-refractivity contribution in [3.63, 3.8) is 0 Å². The maximum absolute atomic E-state index is 4.94. The molecule has 0 aliphatic carbocycles. The van der Waals surface area contributed by atoms with E-state index in [9.17, 15) is 0 Å². The van der Waals surface area contributed by atoms with E-state index in [1.165, 1.54) is 93.7 Å². The number of hydrogen-bond donors (Lipinski definition) is 3. The van der Waals surface area contributed by atoms with Gasteiger partial charge in [-0.2, -0.15) is 15.0 Å². The number of hydrogen-bond acceptors (Lipinski definition) is 9. The number of nitrogens with one attached hydrogen (secondary N) is 3. The van der Waals surface area contributed by atoms with Crippen molar-refractivity contribution in [2.75, 3.05) is 35.6 Å². The third kappa shape index (κ3) is 15.5. The number of piperidine rings is 3. The van der Waals surface area contributed by atoms with Crippen LogP contribution in [0.5, 0.6) is 0 Å². The van der Waals surface area contributed by atoms with Gasteiger partial charge < -0.3 is 16.0 Å². The first-order valence-electron chi connectivity index (χ1n) is 28.5. The number of aromatic nitrogens is 3. The first kappa shape index (κ1) is 55.7.